The molecule has 2 aliphatic rings. The summed E-state index contributed by atoms with van der Waals surface area (Å²) >= 11 is 0. The fourth-order valence-electron chi connectivity index (χ4n) is 4.22. The van der Waals surface area contributed by atoms with Crippen LogP contribution in [-0.2, 0) is 6.54 Å². The van der Waals surface area contributed by atoms with Crippen molar-refractivity contribution in [2.24, 2.45) is 10.9 Å². The zero-order chi connectivity index (χ0) is 20.3. The van der Waals surface area contributed by atoms with Gasteiger partial charge in [0, 0.05) is 39.4 Å². The second-order valence-corrected chi connectivity index (χ2v) is 8.66. The minimum absolute atomic E-state index is 0.746. The number of nitrogens with one attached hydrogen (secondary N) is 2. The third-order valence-corrected chi connectivity index (χ3v) is 6.24. The fourth-order valence-corrected chi connectivity index (χ4v) is 4.22. The normalized spacial score (nSPS) is 19.8. The molecule has 29 heavy (non-hydrogen) atoms. The van der Waals surface area contributed by atoms with E-state index in [0.29, 0.717) is 0 Å². The maximum Gasteiger partial charge on any atom is 0.191 e. The maximum absolute atomic E-state index is 4.69. The molecule has 0 radical (unpaired) electrons. The standard InChI is InChI=1S/C23H40N6/c1-20-10-16-29(17-11-20)22-9-8-21(18-26-22)19-27-23(24-2)25-12-7-15-28-13-5-3-4-6-14-28/h8-9,18,20H,3-7,10-17,19H2,1-2H3,(H2,24,25,27). The Morgan fingerprint density at radius 1 is 1.07 bits per heavy atom. The van der Waals surface area contributed by atoms with Gasteiger partial charge in [-0.15, -0.1) is 0 Å². The van der Waals surface area contributed by atoms with E-state index in [1.807, 2.05) is 13.2 Å². The van der Waals surface area contributed by atoms with Crippen LogP contribution in [0.1, 0.15) is 57.4 Å². The highest BCUT2D eigenvalue weighted by molar-refractivity contribution is 5.79. The third-order valence-electron chi connectivity index (χ3n) is 6.24. The molecule has 0 aliphatic carbocycles. The number of aliphatic imine (C=N–C) groups is 1. The summed E-state index contributed by atoms with van der Waals surface area (Å²) < 4.78 is 0. The number of aromatic nitrogens is 1. The van der Waals surface area contributed by atoms with E-state index in [0.717, 1.165) is 50.3 Å². The van der Waals surface area contributed by atoms with Crippen LogP contribution in [0, 0.1) is 5.92 Å². The highest BCUT2D eigenvalue weighted by atomic mass is 15.2. The third kappa shape index (κ3) is 7.50. The monoisotopic (exact) mass is 400 g/mol. The lowest BCUT2D eigenvalue weighted by molar-refractivity contribution is 0.282. The Morgan fingerprint density at radius 2 is 1.83 bits per heavy atom. The van der Waals surface area contributed by atoms with Crippen molar-refractivity contribution in [1.82, 2.24) is 20.5 Å². The Morgan fingerprint density at radius 3 is 2.48 bits per heavy atom. The van der Waals surface area contributed by atoms with Crippen LogP contribution in [-0.4, -0.2) is 62.2 Å². The number of nitrogens with zero attached hydrogens (tertiary/aromatic N) is 4. The van der Waals surface area contributed by atoms with Crippen LogP contribution in [0.15, 0.2) is 23.3 Å². The molecule has 1 aromatic heterocycles. The predicted molar refractivity (Wildman–Crippen MR) is 123 cm³/mol. The van der Waals surface area contributed by atoms with Crippen LogP contribution in [0.4, 0.5) is 5.82 Å². The van der Waals surface area contributed by atoms with Gasteiger partial charge in [0.2, 0.25) is 0 Å². The number of hydrogen-bond donors (Lipinski definition) is 2. The molecular formula is C23H40N6. The van der Waals surface area contributed by atoms with Gasteiger partial charge in [-0.05, 0) is 69.3 Å². The molecule has 2 aliphatic heterocycles. The van der Waals surface area contributed by atoms with E-state index in [1.54, 1.807) is 0 Å². The second kappa shape index (κ2) is 12.0. The minimum Gasteiger partial charge on any atom is -0.357 e. The Bertz CT molecular complexity index is 598. The van der Waals surface area contributed by atoms with Crippen LogP contribution >= 0.6 is 0 Å². The molecule has 0 amide bonds. The van der Waals surface area contributed by atoms with E-state index < -0.39 is 0 Å². The van der Waals surface area contributed by atoms with Gasteiger partial charge in [0.15, 0.2) is 5.96 Å². The first-order valence-electron chi connectivity index (χ1n) is 11.6. The summed E-state index contributed by atoms with van der Waals surface area (Å²) in [6, 6.07) is 4.34. The summed E-state index contributed by atoms with van der Waals surface area (Å²) in [5, 5.41) is 6.86. The van der Waals surface area contributed by atoms with E-state index in [9.17, 15) is 0 Å². The summed E-state index contributed by atoms with van der Waals surface area (Å²) in [7, 11) is 1.84. The van der Waals surface area contributed by atoms with Crippen molar-refractivity contribution in [3.05, 3.63) is 23.9 Å². The Balaban J connectivity index is 1.34. The molecular weight excluding hydrogens is 360 g/mol. The fraction of sp³-hybridized carbons (Fsp3) is 0.739. The first-order chi connectivity index (χ1) is 14.2. The van der Waals surface area contributed by atoms with Gasteiger partial charge in [-0.25, -0.2) is 4.98 Å². The van der Waals surface area contributed by atoms with Crippen molar-refractivity contribution in [2.75, 3.05) is 51.2 Å². The molecule has 6 heteroatoms. The predicted octanol–water partition coefficient (Wildman–Crippen LogP) is 3.25. The Labute approximate surface area is 177 Å². The molecule has 0 spiro atoms. The summed E-state index contributed by atoms with van der Waals surface area (Å²) in [4.78, 5) is 14.1. The van der Waals surface area contributed by atoms with Gasteiger partial charge in [-0.1, -0.05) is 25.8 Å². The Kier molecular flexibility index (Phi) is 9.06. The molecule has 2 fully saturated rings. The van der Waals surface area contributed by atoms with Crippen molar-refractivity contribution < 1.29 is 0 Å². The molecule has 2 saturated heterocycles. The average Bonchev–Trinajstić information content (AvgIpc) is 3.03. The molecule has 0 unspecified atom stereocenters. The molecule has 2 N–H and O–H groups in total. The van der Waals surface area contributed by atoms with Crippen molar-refractivity contribution in [2.45, 2.75) is 58.4 Å². The average molecular weight is 401 g/mol. The molecule has 1 aromatic rings. The summed E-state index contributed by atoms with van der Waals surface area (Å²) in [6.07, 6.45) is 11.2. The van der Waals surface area contributed by atoms with Gasteiger partial charge in [-0.2, -0.15) is 0 Å². The number of anilines is 1. The van der Waals surface area contributed by atoms with Gasteiger partial charge in [-0.3, -0.25) is 4.99 Å². The molecule has 3 heterocycles. The second-order valence-electron chi connectivity index (χ2n) is 8.66. The SMILES string of the molecule is CN=C(NCCCN1CCCCCC1)NCc1ccc(N2CCC(C)CC2)nc1. The minimum atomic E-state index is 0.746. The van der Waals surface area contributed by atoms with Crippen molar-refractivity contribution in [3.8, 4) is 0 Å². The van der Waals surface area contributed by atoms with Gasteiger partial charge in [0.25, 0.3) is 0 Å². The number of hydrogen-bond acceptors (Lipinski definition) is 4. The molecule has 3 rings (SSSR count). The van der Waals surface area contributed by atoms with Crippen LogP contribution in [0.5, 0.6) is 0 Å². The van der Waals surface area contributed by atoms with E-state index in [-0.39, 0.29) is 0 Å². The highest BCUT2D eigenvalue weighted by Gasteiger charge is 2.16. The zero-order valence-corrected chi connectivity index (χ0v) is 18.5. The van der Waals surface area contributed by atoms with Crippen LogP contribution in [0.25, 0.3) is 0 Å². The Hall–Kier alpha value is -1.82. The molecule has 0 bridgehead atoms. The lowest BCUT2D eigenvalue weighted by atomic mass is 9.99. The van der Waals surface area contributed by atoms with E-state index >= 15 is 0 Å². The van der Waals surface area contributed by atoms with Crippen LogP contribution in [0.3, 0.4) is 0 Å². The number of piperidine rings is 1. The topological polar surface area (TPSA) is 55.8 Å². The molecule has 6 nitrogen and oxygen atoms in total. The van der Waals surface area contributed by atoms with E-state index in [4.69, 9.17) is 0 Å². The van der Waals surface area contributed by atoms with Crippen LogP contribution in [0.2, 0.25) is 0 Å². The summed E-state index contributed by atoms with van der Waals surface area (Å²) in [5.74, 6) is 2.82. The quantitative estimate of drug-likeness (QED) is 0.418. The molecule has 0 aromatic carbocycles. The van der Waals surface area contributed by atoms with Gasteiger partial charge in [0.1, 0.15) is 5.82 Å². The first-order valence-corrected chi connectivity index (χ1v) is 11.6. The number of rotatable bonds is 7. The molecule has 162 valence electrons. The van der Waals surface area contributed by atoms with Crippen molar-refractivity contribution in [3.63, 3.8) is 0 Å². The highest BCUT2D eigenvalue weighted by Crippen LogP contribution is 2.21. The zero-order valence-electron chi connectivity index (χ0n) is 18.5. The van der Waals surface area contributed by atoms with Gasteiger partial charge in [0.05, 0.1) is 0 Å². The molecule has 0 atom stereocenters. The number of pyridine rings is 1. The summed E-state index contributed by atoms with van der Waals surface area (Å²) in [5.41, 5.74) is 1.19. The van der Waals surface area contributed by atoms with E-state index in [2.05, 4.69) is 49.5 Å². The summed E-state index contributed by atoms with van der Waals surface area (Å²) in [6.45, 7) is 10.0. The van der Waals surface area contributed by atoms with E-state index in [1.165, 1.54) is 63.7 Å². The smallest absolute Gasteiger partial charge is 0.191 e. The largest absolute Gasteiger partial charge is 0.357 e. The van der Waals surface area contributed by atoms with Crippen molar-refractivity contribution >= 4 is 11.8 Å². The first kappa shape index (κ1) is 21.9. The lowest BCUT2D eigenvalue weighted by Gasteiger charge is -2.31. The van der Waals surface area contributed by atoms with Gasteiger partial charge < -0.3 is 20.4 Å². The number of likely N-dealkylation sites (tertiary alicyclic amines) is 1. The molecule has 0 saturated carbocycles. The van der Waals surface area contributed by atoms with Crippen LogP contribution < -0.4 is 15.5 Å². The van der Waals surface area contributed by atoms with Crippen molar-refractivity contribution in [1.29, 1.82) is 0 Å². The maximum atomic E-state index is 4.69. The lowest BCUT2D eigenvalue weighted by Crippen LogP contribution is -2.38. The number of guanidine groups is 1. The van der Waals surface area contributed by atoms with Gasteiger partial charge >= 0.3 is 0 Å².